The highest BCUT2D eigenvalue weighted by Gasteiger charge is 2.58. The fourth-order valence-electron chi connectivity index (χ4n) is 12.5. The predicted molar refractivity (Wildman–Crippen MR) is 334 cm³/mol. The van der Waals surface area contributed by atoms with Gasteiger partial charge in [-0.05, 0) is 53.5 Å². The molecule has 5 aromatic carbocycles. The van der Waals surface area contributed by atoms with Gasteiger partial charge in [0.1, 0.15) is 99.0 Å². The van der Waals surface area contributed by atoms with Crippen LogP contribution in [-0.2, 0) is 83.3 Å². The summed E-state index contributed by atoms with van der Waals surface area (Å²) in [5, 5.41) is 86.3. The maximum atomic E-state index is 14.2. The zero-order valence-corrected chi connectivity index (χ0v) is 52.4. The molecule has 6 aliphatic rings. The minimum atomic E-state index is -2.04. The Morgan fingerprint density at radius 3 is 1.60 bits per heavy atom. The number of amides is 5. The third kappa shape index (κ3) is 17.4. The molecule has 0 bridgehead atoms. The number of azide groups is 1. The van der Waals surface area contributed by atoms with Crippen LogP contribution in [0.5, 0.6) is 0 Å². The molecule has 2 saturated carbocycles. The lowest BCUT2D eigenvalue weighted by atomic mass is 9.78. The van der Waals surface area contributed by atoms with Crippen LogP contribution in [0.2, 0.25) is 0 Å². The van der Waals surface area contributed by atoms with Gasteiger partial charge in [-0.25, -0.2) is 19.2 Å². The van der Waals surface area contributed by atoms with Gasteiger partial charge in [0, 0.05) is 16.9 Å². The van der Waals surface area contributed by atoms with Gasteiger partial charge in [0.05, 0.1) is 44.0 Å². The van der Waals surface area contributed by atoms with Crippen LogP contribution in [0.15, 0.2) is 157 Å². The molecule has 4 aliphatic heterocycles. The molecule has 97 heavy (non-hydrogen) atoms. The first-order valence-corrected chi connectivity index (χ1v) is 31.9. The second-order valence-corrected chi connectivity index (χ2v) is 24.4. The Bertz CT molecular complexity index is 3440. The quantitative estimate of drug-likeness (QED) is 0.0192. The zero-order chi connectivity index (χ0) is 68.0. The summed E-state index contributed by atoms with van der Waals surface area (Å²) in [5.74, 6) is -0.870. The normalized spacial score (nSPS) is 31.1. The molecule has 6 fully saturated rings. The molecule has 5 amide bonds. The summed E-state index contributed by atoms with van der Waals surface area (Å²) in [6, 6.07) is 37.6. The smallest absolute Gasteiger partial charge is 0.412 e. The molecule has 4 heterocycles. The van der Waals surface area contributed by atoms with Crippen LogP contribution < -0.4 is 21.3 Å². The summed E-state index contributed by atoms with van der Waals surface area (Å²) in [6.07, 6.45) is -28.5. The molecule has 2 aliphatic carbocycles. The summed E-state index contributed by atoms with van der Waals surface area (Å²) in [5.41, 5.74) is 10.5. The van der Waals surface area contributed by atoms with Crippen molar-refractivity contribution in [1.29, 1.82) is 0 Å². The van der Waals surface area contributed by atoms with Gasteiger partial charge < -0.3 is 104 Å². The number of benzene rings is 5. The van der Waals surface area contributed by atoms with E-state index in [4.69, 9.17) is 52.1 Å². The van der Waals surface area contributed by atoms with Gasteiger partial charge in [0.15, 0.2) is 25.1 Å². The standard InChI is InChI=1S/C67H78N8O22/c68-74-69-31-43-29-46(77)49(72-64(83)88-35-39-19-8-2-9-20-39)59(91-43)95-54-45(71-63(82)87-34-38-17-6-1-7-18-38)30-44(70-62(81)67(86)27-16-28-67)51(78)57(54)97-61-53(80)56(48(33-76)93-61)96-60-50(73-65(84)89-36-40-21-10-3-11-22-40)52(79)55-47(92-60)32-75(58(94-55)42-25-14-5-15-26-42)66(85)90-37-41-23-12-4-13-24-41/h1-15,17-26,43-61,76-80,86H,16,27-37H2,(H,70,81)(H,71,82)(H,72,83)(H,73,84)/t43-,44+,45-,46+,47-,48+,49+,50+,51-,52+,53+,54+,55+,56+,57+,58?,59+,60+,61-/m0/s1. The molecule has 0 radical (unpaired) electrons. The van der Waals surface area contributed by atoms with Crippen LogP contribution in [0.1, 0.15) is 66.1 Å². The summed E-state index contributed by atoms with van der Waals surface area (Å²) >= 11 is 0. The van der Waals surface area contributed by atoms with Crippen LogP contribution in [0.25, 0.3) is 10.4 Å². The molecule has 1 unspecified atom stereocenters. The number of alkyl carbamates (subject to hydrolysis) is 3. The molecule has 30 nitrogen and oxygen atoms in total. The minimum absolute atomic E-state index is 0.0859. The number of nitrogens with one attached hydrogen (secondary N) is 4. The SMILES string of the molecule is [N-]=[N+]=NC[C@@H]1C[C@@H](O)[C@@H](NC(=O)OCc2ccccc2)[C@@H](O[C@H]2[C@H](O[C@@H]3O[C@H](CO)[C@@H](O[C@H]4O[C@H]5CN(C(=O)OCc6ccccc6)C(c6ccccc6)O[C@H]5[C@H](O)[C@H]4NC(=O)OCc4ccccc4)[C@H]3O)[C@@H](O)[C@H](NC(=O)C3(O)CCC3)C[C@@H]2NC(=O)OCc2ccccc2)O1. The first-order valence-electron chi connectivity index (χ1n) is 31.9. The average Bonchev–Trinajstić information content (AvgIpc) is 1.56. The van der Waals surface area contributed by atoms with Gasteiger partial charge in [-0.15, -0.1) is 0 Å². The number of carbonyl (C=O) groups excluding carboxylic acids is 5. The van der Waals surface area contributed by atoms with E-state index in [9.17, 15) is 60.1 Å². The second kappa shape index (κ2) is 32.7. The predicted octanol–water partition coefficient (Wildman–Crippen LogP) is 3.88. The van der Waals surface area contributed by atoms with E-state index in [1.165, 1.54) is 4.90 Å². The molecule has 30 heteroatoms. The van der Waals surface area contributed by atoms with Crippen LogP contribution in [-0.4, -0.2) is 201 Å². The maximum absolute atomic E-state index is 14.2. The zero-order valence-electron chi connectivity index (χ0n) is 52.4. The minimum Gasteiger partial charge on any atom is -0.445 e. The van der Waals surface area contributed by atoms with Crippen molar-refractivity contribution in [3.63, 3.8) is 0 Å². The molecular formula is C67H78N8O22. The highest BCUT2D eigenvalue weighted by molar-refractivity contribution is 5.86. The molecular weight excluding hydrogens is 1270 g/mol. The van der Waals surface area contributed by atoms with Crippen molar-refractivity contribution in [2.24, 2.45) is 5.11 Å². The fraction of sp³-hybridized carbons (Fsp3) is 0.478. The number of fused-ring (bicyclic) bond motifs is 1. The van der Waals surface area contributed by atoms with E-state index in [-0.39, 0.29) is 58.8 Å². The number of hydrogen-bond donors (Lipinski definition) is 10. The highest BCUT2D eigenvalue weighted by Crippen LogP contribution is 2.41. The number of hydrogen-bond acceptors (Lipinski definition) is 23. The van der Waals surface area contributed by atoms with E-state index in [1.807, 2.05) is 6.07 Å². The Kier molecular flexibility index (Phi) is 23.5. The Balaban J connectivity index is 0.903. The first-order chi connectivity index (χ1) is 47.0. The third-order valence-corrected chi connectivity index (χ3v) is 17.8. The molecule has 518 valence electrons. The Morgan fingerprint density at radius 1 is 0.557 bits per heavy atom. The van der Waals surface area contributed by atoms with Crippen molar-refractivity contribution < 1.29 is 107 Å². The van der Waals surface area contributed by atoms with Gasteiger partial charge >= 0.3 is 24.4 Å². The molecule has 10 N–H and O–H groups in total. The van der Waals surface area contributed by atoms with Gasteiger partial charge in [-0.1, -0.05) is 157 Å². The third-order valence-electron chi connectivity index (χ3n) is 17.8. The van der Waals surface area contributed by atoms with E-state index >= 15 is 0 Å². The van der Waals surface area contributed by atoms with E-state index in [0.29, 0.717) is 34.2 Å². The number of nitrogens with zero attached hydrogens (tertiary/aromatic N) is 4. The Hall–Kier alpha value is -8.56. The number of aliphatic hydroxyl groups is 6. The average molecular weight is 1350 g/mol. The van der Waals surface area contributed by atoms with Gasteiger partial charge in [0.25, 0.3) is 5.91 Å². The van der Waals surface area contributed by atoms with Crippen molar-refractivity contribution in [2.45, 2.75) is 181 Å². The van der Waals surface area contributed by atoms with Gasteiger partial charge in [0.2, 0.25) is 0 Å². The number of ether oxygens (including phenoxy) is 11. The molecule has 4 saturated heterocycles. The van der Waals surface area contributed by atoms with Crippen molar-refractivity contribution in [3.8, 4) is 0 Å². The first kappa shape index (κ1) is 69.8. The Labute approximate surface area is 556 Å². The fourth-order valence-corrected chi connectivity index (χ4v) is 12.5. The summed E-state index contributed by atoms with van der Waals surface area (Å²) < 4.78 is 68.2. The van der Waals surface area contributed by atoms with Crippen molar-refractivity contribution in [3.05, 3.63) is 190 Å². The number of aliphatic hydroxyl groups excluding tert-OH is 5. The van der Waals surface area contributed by atoms with E-state index in [1.54, 1.807) is 146 Å². The summed E-state index contributed by atoms with van der Waals surface area (Å²) in [6.45, 7) is -2.34. The lowest BCUT2D eigenvalue weighted by Crippen LogP contribution is -2.70. The van der Waals surface area contributed by atoms with Crippen LogP contribution in [0.3, 0.4) is 0 Å². The monoisotopic (exact) mass is 1350 g/mol. The van der Waals surface area contributed by atoms with Gasteiger partial charge in [-0.2, -0.15) is 0 Å². The molecule has 19 atom stereocenters. The van der Waals surface area contributed by atoms with Gasteiger partial charge in [-0.3, -0.25) is 9.69 Å². The molecule has 0 aromatic heterocycles. The van der Waals surface area contributed by atoms with E-state index < -0.39 is 165 Å². The topological polar surface area (TPSA) is 408 Å². The largest absolute Gasteiger partial charge is 0.445 e. The lowest BCUT2D eigenvalue weighted by Gasteiger charge is -2.51. The van der Waals surface area contributed by atoms with Crippen LogP contribution >= 0.6 is 0 Å². The molecule has 11 rings (SSSR count). The number of rotatable bonds is 23. The summed E-state index contributed by atoms with van der Waals surface area (Å²) in [7, 11) is 0. The second-order valence-electron chi connectivity index (χ2n) is 24.4. The van der Waals surface area contributed by atoms with Crippen molar-refractivity contribution >= 4 is 30.3 Å². The molecule has 5 aromatic rings. The van der Waals surface area contributed by atoms with Crippen molar-refractivity contribution in [2.75, 3.05) is 19.7 Å². The van der Waals surface area contributed by atoms with Crippen molar-refractivity contribution in [1.82, 2.24) is 26.2 Å². The Morgan fingerprint density at radius 2 is 1.06 bits per heavy atom. The van der Waals surface area contributed by atoms with E-state index in [2.05, 4.69) is 31.3 Å². The van der Waals surface area contributed by atoms with Crippen LogP contribution in [0, 0.1) is 0 Å². The number of carbonyl (C=O) groups is 5. The molecule has 0 spiro atoms. The summed E-state index contributed by atoms with van der Waals surface area (Å²) in [4.78, 5) is 73.8. The lowest BCUT2D eigenvalue weighted by molar-refractivity contribution is -0.323. The highest BCUT2D eigenvalue weighted by atomic mass is 16.8. The van der Waals surface area contributed by atoms with Crippen LogP contribution in [0.4, 0.5) is 19.2 Å². The van der Waals surface area contributed by atoms with E-state index in [0.717, 1.165) is 0 Å². The maximum Gasteiger partial charge on any atom is 0.412 e.